The maximum atomic E-state index is 10.6. The summed E-state index contributed by atoms with van der Waals surface area (Å²) in [6.07, 6.45) is -0.493. The van der Waals surface area contributed by atoms with Crippen molar-refractivity contribution in [1.29, 1.82) is 0 Å². The molecule has 1 saturated heterocycles. The normalized spacial score (nSPS) is 30.4. The lowest BCUT2D eigenvalue weighted by Gasteiger charge is -2.24. The molecular formula is C6H13N3O2. The average Bonchev–Trinajstić information content (AvgIpc) is 2.33. The van der Waals surface area contributed by atoms with Gasteiger partial charge in [-0.2, -0.15) is 0 Å². The first-order chi connectivity index (χ1) is 5.13. The number of nitrogens with one attached hydrogen (secondary N) is 1. The molecule has 2 amide bonds. The van der Waals surface area contributed by atoms with Gasteiger partial charge in [0.05, 0.1) is 12.1 Å². The van der Waals surface area contributed by atoms with Crippen LogP contribution in [0.5, 0.6) is 0 Å². The van der Waals surface area contributed by atoms with Crippen molar-refractivity contribution in [1.82, 2.24) is 10.2 Å². The smallest absolute Gasteiger partial charge is 0.314 e. The second-order valence-electron chi connectivity index (χ2n) is 2.74. The molecule has 0 aliphatic carbocycles. The van der Waals surface area contributed by atoms with Gasteiger partial charge in [-0.05, 0) is 0 Å². The van der Waals surface area contributed by atoms with Crippen molar-refractivity contribution in [2.24, 2.45) is 5.73 Å². The van der Waals surface area contributed by atoms with Crippen LogP contribution in [0.15, 0.2) is 0 Å². The molecule has 0 unspecified atom stereocenters. The zero-order chi connectivity index (χ0) is 8.43. The van der Waals surface area contributed by atoms with Crippen molar-refractivity contribution in [2.75, 3.05) is 20.1 Å². The Balaban J connectivity index is 2.52. The average molecular weight is 159 g/mol. The van der Waals surface area contributed by atoms with Crippen LogP contribution >= 0.6 is 0 Å². The number of carbonyl (C=O) groups excluding carboxylic acids is 1. The van der Waals surface area contributed by atoms with E-state index in [1.807, 2.05) is 0 Å². The number of primary amides is 1. The van der Waals surface area contributed by atoms with Crippen LogP contribution in [-0.4, -0.2) is 48.3 Å². The van der Waals surface area contributed by atoms with Crippen molar-refractivity contribution in [2.45, 2.75) is 12.1 Å². The Kier molecular flexibility index (Phi) is 2.31. The molecule has 1 rings (SSSR count). The Labute approximate surface area is 65.2 Å². The van der Waals surface area contributed by atoms with Crippen LogP contribution in [0.25, 0.3) is 0 Å². The number of aliphatic hydroxyl groups excluding tert-OH is 1. The van der Waals surface area contributed by atoms with Crippen molar-refractivity contribution in [3.63, 3.8) is 0 Å². The van der Waals surface area contributed by atoms with Crippen LogP contribution in [0.2, 0.25) is 0 Å². The van der Waals surface area contributed by atoms with Crippen molar-refractivity contribution in [3.05, 3.63) is 0 Å². The summed E-state index contributed by atoms with van der Waals surface area (Å²) in [5, 5.41) is 12.3. The first-order valence-corrected chi connectivity index (χ1v) is 3.54. The minimum Gasteiger partial charge on any atom is -0.390 e. The zero-order valence-corrected chi connectivity index (χ0v) is 6.45. The molecular weight excluding hydrogens is 146 g/mol. The van der Waals surface area contributed by atoms with Gasteiger partial charge in [0.15, 0.2) is 0 Å². The number of aliphatic hydroxyl groups is 1. The number of likely N-dealkylation sites (N-methyl/N-ethyl adjacent to an activating group) is 1. The predicted octanol–water partition coefficient (Wildman–Crippen LogP) is -1.67. The Morgan fingerprint density at radius 1 is 1.73 bits per heavy atom. The topological polar surface area (TPSA) is 78.6 Å². The van der Waals surface area contributed by atoms with Gasteiger partial charge < -0.3 is 21.1 Å². The molecule has 2 atom stereocenters. The lowest BCUT2D eigenvalue weighted by atomic mass is 10.2. The third kappa shape index (κ3) is 1.61. The van der Waals surface area contributed by atoms with Gasteiger partial charge in [0.1, 0.15) is 0 Å². The second kappa shape index (κ2) is 3.06. The third-order valence-corrected chi connectivity index (χ3v) is 2.00. The van der Waals surface area contributed by atoms with Crippen LogP contribution in [0.4, 0.5) is 4.79 Å². The highest BCUT2D eigenvalue weighted by Crippen LogP contribution is 2.06. The largest absolute Gasteiger partial charge is 0.390 e. The monoisotopic (exact) mass is 159 g/mol. The predicted molar refractivity (Wildman–Crippen MR) is 40.0 cm³/mol. The van der Waals surface area contributed by atoms with Crippen LogP contribution in [0, 0.1) is 0 Å². The fraction of sp³-hybridized carbons (Fsp3) is 0.833. The number of hydrogen-bond donors (Lipinski definition) is 3. The van der Waals surface area contributed by atoms with Crippen LogP contribution < -0.4 is 11.1 Å². The van der Waals surface area contributed by atoms with E-state index >= 15 is 0 Å². The Hall–Kier alpha value is -0.810. The highest BCUT2D eigenvalue weighted by molar-refractivity contribution is 5.72. The van der Waals surface area contributed by atoms with E-state index in [0.717, 1.165) is 0 Å². The molecule has 1 aliphatic heterocycles. The standard InChI is InChI=1S/C6H13N3O2/c1-9(6(7)11)4-2-8-3-5(4)10/h4-5,8,10H,2-3H2,1H3,(H2,7,11)/t4-,5-/m0/s1. The fourth-order valence-corrected chi connectivity index (χ4v) is 1.21. The van der Waals surface area contributed by atoms with E-state index in [9.17, 15) is 9.90 Å². The number of urea groups is 1. The molecule has 11 heavy (non-hydrogen) atoms. The molecule has 1 aliphatic rings. The number of nitrogens with zero attached hydrogens (tertiary/aromatic N) is 1. The van der Waals surface area contributed by atoms with Crippen molar-refractivity contribution >= 4 is 6.03 Å². The lowest BCUT2D eigenvalue weighted by molar-refractivity contribution is 0.113. The number of rotatable bonds is 1. The first kappa shape index (κ1) is 8.29. The van der Waals surface area contributed by atoms with E-state index in [1.54, 1.807) is 7.05 Å². The SMILES string of the molecule is CN(C(N)=O)[C@H]1CNC[C@@H]1O. The molecule has 0 aromatic carbocycles. The highest BCUT2D eigenvalue weighted by atomic mass is 16.3. The van der Waals surface area contributed by atoms with E-state index in [2.05, 4.69) is 5.32 Å². The fourth-order valence-electron chi connectivity index (χ4n) is 1.21. The maximum absolute atomic E-state index is 10.6. The van der Waals surface area contributed by atoms with Gasteiger partial charge in [0.25, 0.3) is 0 Å². The van der Waals surface area contributed by atoms with Gasteiger partial charge in [-0.3, -0.25) is 0 Å². The summed E-state index contributed by atoms with van der Waals surface area (Å²) in [5.41, 5.74) is 5.03. The quantitative estimate of drug-likeness (QED) is 0.428. The number of β-amino-alcohol motifs (C(OH)–C–C–N with tert-alkyl or cyclic N) is 1. The van der Waals surface area contributed by atoms with E-state index in [0.29, 0.717) is 13.1 Å². The number of hydrogen-bond acceptors (Lipinski definition) is 3. The summed E-state index contributed by atoms with van der Waals surface area (Å²) in [7, 11) is 1.59. The summed E-state index contributed by atoms with van der Waals surface area (Å²) in [6.45, 7) is 1.14. The van der Waals surface area contributed by atoms with E-state index in [1.165, 1.54) is 4.90 Å². The molecule has 0 aromatic heterocycles. The second-order valence-corrected chi connectivity index (χ2v) is 2.74. The molecule has 0 bridgehead atoms. The molecule has 1 heterocycles. The molecule has 0 aromatic rings. The number of nitrogens with two attached hydrogens (primary N) is 1. The molecule has 0 spiro atoms. The number of amides is 2. The van der Waals surface area contributed by atoms with Gasteiger partial charge in [0.2, 0.25) is 0 Å². The van der Waals surface area contributed by atoms with E-state index < -0.39 is 12.1 Å². The molecule has 64 valence electrons. The lowest BCUT2D eigenvalue weighted by Crippen LogP contribution is -2.46. The molecule has 5 heteroatoms. The van der Waals surface area contributed by atoms with Crippen LogP contribution in [0.3, 0.4) is 0 Å². The minimum absolute atomic E-state index is 0.174. The highest BCUT2D eigenvalue weighted by Gasteiger charge is 2.29. The van der Waals surface area contributed by atoms with Crippen molar-refractivity contribution < 1.29 is 9.90 Å². The Morgan fingerprint density at radius 2 is 2.36 bits per heavy atom. The first-order valence-electron chi connectivity index (χ1n) is 3.54. The summed E-state index contributed by atoms with van der Waals surface area (Å²) in [6, 6.07) is -0.676. The zero-order valence-electron chi connectivity index (χ0n) is 6.45. The summed E-state index contributed by atoms with van der Waals surface area (Å²) < 4.78 is 0. The van der Waals surface area contributed by atoms with Gasteiger partial charge in [-0.25, -0.2) is 4.79 Å². The van der Waals surface area contributed by atoms with Gasteiger partial charge in [-0.1, -0.05) is 0 Å². The molecule has 0 radical (unpaired) electrons. The Bertz CT molecular complexity index is 162. The van der Waals surface area contributed by atoms with E-state index in [-0.39, 0.29) is 6.04 Å². The van der Waals surface area contributed by atoms with Gasteiger partial charge in [-0.15, -0.1) is 0 Å². The van der Waals surface area contributed by atoms with Crippen molar-refractivity contribution in [3.8, 4) is 0 Å². The molecule has 4 N–H and O–H groups in total. The van der Waals surface area contributed by atoms with Crippen LogP contribution in [-0.2, 0) is 0 Å². The summed E-state index contributed by atoms with van der Waals surface area (Å²) in [4.78, 5) is 12.0. The Morgan fingerprint density at radius 3 is 2.73 bits per heavy atom. The molecule has 5 nitrogen and oxygen atoms in total. The summed E-state index contributed by atoms with van der Waals surface area (Å²) in [5.74, 6) is 0. The van der Waals surface area contributed by atoms with Gasteiger partial charge in [0, 0.05) is 20.1 Å². The number of carbonyl (C=O) groups is 1. The molecule has 0 saturated carbocycles. The maximum Gasteiger partial charge on any atom is 0.314 e. The summed E-state index contributed by atoms with van der Waals surface area (Å²) >= 11 is 0. The minimum atomic E-state index is -0.502. The van der Waals surface area contributed by atoms with Crippen LogP contribution in [0.1, 0.15) is 0 Å². The van der Waals surface area contributed by atoms with Gasteiger partial charge >= 0.3 is 6.03 Å². The molecule has 1 fully saturated rings. The third-order valence-electron chi connectivity index (χ3n) is 2.00. The van der Waals surface area contributed by atoms with E-state index in [4.69, 9.17) is 5.73 Å².